The van der Waals surface area contributed by atoms with Gasteiger partial charge in [-0.05, 0) is 37.1 Å². The molecular formula is C18H18N6OS. The number of hydrogen-bond acceptors (Lipinski definition) is 6. The number of nitrogens with zero attached hydrogens (tertiary/aromatic N) is 5. The Hall–Kier alpha value is -2.74. The first-order valence-corrected chi connectivity index (χ1v) is 9.41. The molecule has 132 valence electrons. The molecule has 3 aromatic rings. The molecule has 0 spiro atoms. The van der Waals surface area contributed by atoms with Crippen molar-refractivity contribution in [1.29, 1.82) is 0 Å². The van der Waals surface area contributed by atoms with Crippen molar-refractivity contribution in [1.82, 2.24) is 24.7 Å². The van der Waals surface area contributed by atoms with Gasteiger partial charge in [-0.25, -0.2) is 19.6 Å². The SMILES string of the molecule is O=C(Nc1ccc(-n2cncn2)nc1)c1cccnc1SC1CCCC1. The molecule has 1 fully saturated rings. The van der Waals surface area contributed by atoms with Gasteiger partial charge in [-0.3, -0.25) is 4.79 Å². The van der Waals surface area contributed by atoms with Crippen LogP contribution in [0.2, 0.25) is 0 Å². The highest BCUT2D eigenvalue weighted by atomic mass is 32.2. The summed E-state index contributed by atoms with van der Waals surface area (Å²) in [6, 6.07) is 7.18. The number of hydrogen-bond donors (Lipinski definition) is 1. The Bertz CT molecular complexity index is 875. The zero-order valence-electron chi connectivity index (χ0n) is 14.1. The Morgan fingerprint density at radius 3 is 2.81 bits per heavy atom. The quantitative estimate of drug-likeness (QED) is 0.745. The third-order valence-electron chi connectivity index (χ3n) is 4.26. The van der Waals surface area contributed by atoms with Crippen molar-refractivity contribution in [3.8, 4) is 5.82 Å². The maximum atomic E-state index is 12.7. The second-order valence-electron chi connectivity index (χ2n) is 6.08. The first-order valence-electron chi connectivity index (χ1n) is 8.54. The lowest BCUT2D eigenvalue weighted by Crippen LogP contribution is -2.14. The molecule has 0 saturated heterocycles. The lowest BCUT2D eigenvalue weighted by molar-refractivity contribution is 0.102. The molecule has 0 radical (unpaired) electrons. The number of carbonyl (C=O) groups excluding carboxylic acids is 1. The summed E-state index contributed by atoms with van der Waals surface area (Å²) >= 11 is 1.71. The number of anilines is 1. The van der Waals surface area contributed by atoms with E-state index in [0.717, 1.165) is 5.03 Å². The van der Waals surface area contributed by atoms with Gasteiger partial charge in [0.05, 0.1) is 17.4 Å². The summed E-state index contributed by atoms with van der Waals surface area (Å²) in [6.45, 7) is 0. The molecule has 0 aliphatic heterocycles. The minimum atomic E-state index is -0.172. The van der Waals surface area contributed by atoms with Crippen LogP contribution in [0.4, 0.5) is 5.69 Å². The van der Waals surface area contributed by atoms with Crippen LogP contribution >= 0.6 is 11.8 Å². The van der Waals surface area contributed by atoms with E-state index in [1.807, 2.05) is 6.07 Å². The van der Waals surface area contributed by atoms with E-state index < -0.39 is 0 Å². The lowest BCUT2D eigenvalue weighted by atomic mass is 10.2. The van der Waals surface area contributed by atoms with Crippen LogP contribution in [0.15, 0.2) is 54.3 Å². The van der Waals surface area contributed by atoms with Gasteiger partial charge >= 0.3 is 0 Å². The zero-order valence-corrected chi connectivity index (χ0v) is 14.9. The first-order chi connectivity index (χ1) is 12.8. The molecule has 8 heteroatoms. The fourth-order valence-corrected chi connectivity index (χ4v) is 4.24. The Labute approximate surface area is 155 Å². The number of nitrogens with one attached hydrogen (secondary N) is 1. The van der Waals surface area contributed by atoms with E-state index in [-0.39, 0.29) is 5.91 Å². The van der Waals surface area contributed by atoms with Crippen molar-refractivity contribution in [3.63, 3.8) is 0 Å². The smallest absolute Gasteiger partial charge is 0.258 e. The summed E-state index contributed by atoms with van der Waals surface area (Å²) in [6.07, 6.45) is 11.3. The Morgan fingerprint density at radius 2 is 2.08 bits per heavy atom. The first kappa shape index (κ1) is 16.7. The molecule has 1 N–H and O–H groups in total. The summed E-state index contributed by atoms with van der Waals surface area (Å²) in [4.78, 5) is 25.3. The second-order valence-corrected chi connectivity index (χ2v) is 7.37. The standard InChI is InChI=1S/C18H18N6OS/c25-17(15-6-3-9-20-18(15)26-14-4-1-2-5-14)23-13-7-8-16(21-10-13)24-12-19-11-22-24/h3,6-12,14H,1-2,4-5H2,(H,23,25). The predicted molar refractivity (Wildman–Crippen MR) is 99.5 cm³/mol. The van der Waals surface area contributed by atoms with Crippen molar-refractivity contribution in [2.24, 2.45) is 0 Å². The lowest BCUT2D eigenvalue weighted by Gasteiger charge is -2.12. The van der Waals surface area contributed by atoms with Crippen molar-refractivity contribution in [3.05, 3.63) is 54.9 Å². The van der Waals surface area contributed by atoms with Crippen LogP contribution in [0.1, 0.15) is 36.0 Å². The number of aromatic nitrogens is 5. The topological polar surface area (TPSA) is 85.6 Å². The summed E-state index contributed by atoms with van der Waals surface area (Å²) in [5.74, 6) is 0.466. The van der Waals surface area contributed by atoms with Crippen LogP contribution in [0.3, 0.4) is 0 Å². The number of rotatable bonds is 5. The highest BCUT2D eigenvalue weighted by molar-refractivity contribution is 7.99. The van der Waals surface area contributed by atoms with E-state index in [9.17, 15) is 4.79 Å². The van der Waals surface area contributed by atoms with Crippen molar-refractivity contribution in [2.45, 2.75) is 36.0 Å². The molecule has 7 nitrogen and oxygen atoms in total. The van der Waals surface area contributed by atoms with E-state index in [0.29, 0.717) is 22.3 Å². The maximum Gasteiger partial charge on any atom is 0.258 e. The summed E-state index contributed by atoms with van der Waals surface area (Å²) in [5, 5.41) is 8.28. The zero-order chi connectivity index (χ0) is 17.8. The number of thioether (sulfide) groups is 1. The monoisotopic (exact) mass is 366 g/mol. The molecule has 0 aromatic carbocycles. The highest BCUT2D eigenvalue weighted by Crippen LogP contribution is 2.35. The molecule has 3 heterocycles. The summed E-state index contributed by atoms with van der Waals surface area (Å²) in [7, 11) is 0. The molecule has 3 aromatic heterocycles. The minimum absolute atomic E-state index is 0.172. The molecule has 1 saturated carbocycles. The van der Waals surface area contributed by atoms with Crippen LogP contribution < -0.4 is 5.32 Å². The second kappa shape index (κ2) is 7.65. The number of pyridine rings is 2. The van der Waals surface area contributed by atoms with Crippen molar-refractivity contribution >= 4 is 23.4 Å². The van der Waals surface area contributed by atoms with E-state index in [2.05, 4.69) is 25.4 Å². The Morgan fingerprint density at radius 1 is 1.19 bits per heavy atom. The molecule has 0 bridgehead atoms. The third kappa shape index (κ3) is 3.75. The van der Waals surface area contributed by atoms with Gasteiger partial charge in [-0.1, -0.05) is 12.8 Å². The van der Waals surface area contributed by atoms with Crippen LogP contribution in [-0.2, 0) is 0 Å². The van der Waals surface area contributed by atoms with Crippen molar-refractivity contribution < 1.29 is 4.79 Å². The normalized spacial score (nSPS) is 14.5. The predicted octanol–water partition coefficient (Wildman–Crippen LogP) is 3.34. The van der Waals surface area contributed by atoms with Gasteiger partial charge < -0.3 is 5.32 Å². The van der Waals surface area contributed by atoms with E-state index in [4.69, 9.17) is 0 Å². The van der Waals surface area contributed by atoms with Gasteiger partial charge in [0.2, 0.25) is 0 Å². The van der Waals surface area contributed by atoms with Gasteiger partial charge in [-0.15, -0.1) is 11.8 Å². The Kier molecular flexibility index (Phi) is 4.92. The minimum Gasteiger partial charge on any atom is -0.321 e. The third-order valence-corrected chi connectivity index (χ3v) is 5.61. The van der Waals surface area contributed by atoms with Crippen LogP contribution in [-0.4, -0.2) is 35.9 Å². The van der Waals surface area contributed by atoms with Crippen LogP contribution in [0, 0.1) is 0 Å². The molecule has 1 amide bonds. The molecule has 0 atom stereocenters. The molecule has 0 unspecified atom stereocenters. The average Bonchev–Trinajstić information content (AvgIpc) is 3.37. The number of carbonyl (C=O) groups is 1. The fourth-order valence-electron chi connectivity index (χ4n) is 2.94. The average molecular weight is 366 g/mol. The van der Waals surface area contributed by atoms with Crippen molar-refractivity contribution in [2.75, 3.05) is 5.32 Å². The van der Waals surface area contributed by atoms with Crippen LogP contribution in [0.5, 0.6) is 0 Å². The molecule has 1 aliphatic rings. The molecule has 26 heavy (non-hydrogen) atoms. The fraction of sp³-hybridized carbons (Fsp3) is 0.278. The van der Waals surface area contributed by atoms with E-state index in [1.54, 1.807) is 53.4 Å². The summed E-state index contributed by atoms with van der Waals surface area (Å²) < 4.78 is 1.56. The highest BCUT2D eigenvalue weighted by Gasteiger charge is 2.20. The van der Waals surface area contributed by atoms with E-state index in [1.165, 1.54) is 32.0 Å². The Balaban J connectivity index is 1.48. The van der Waals surface area contributed by atoms with Gasteiger partial charge in [-0.2, -0.15) is 5.10 Å². The van der Waals surface area contributed by atoms with Gasteiger partial charge in [0.15, 0.2) is 5.82 Å². The van der Waals surface area contributed by atoms with E-state index >= 15 is 0 Å². The maximum absolute atomic E-state index is 12.7. The van der Waals surface area contributed by atoms with Crippen LogP contribution in [0.25, 0.3) is 5.82 Å². The molecule has 4 rings (SSSR count). The molecule has 1 aliphatic carbocycles. The summed E-state index contributed by atoms with van der Waals surface area (Å²) in [5.41, 5.74) is 1.23. The van der Waals surface area contributed by atoms with Gasteiger partial charge in [0.25, 0.3) is 5.91 Å². The number of amides is 1. The molecular weight excluding hydrogens is 348 g/mol. The largest absolute Gasteiger partial charge is 0.321 e. The van der Waals surface area contributed by atoms with Gasteiger partial charge in [0, 0.05) is 11.4 Å². The van der Waals surface area contributed by atoms with Gasteiger partial charge in [0.1, 0.15) is 17.7 Å².